The third kappa shape index (κ3) is 77.1. The predicted octanol–water partition coefficient (Wildman–Crippen LogP) is 28.2. The summed E-state index contributed by atoms with van der Waals surface area (Å²) in [6, 6.07) is -0.626. The van der Waals surface area contributed by atoms with Gasteiger partial charge in [-0.2, -0.15) is 0 Å². The molecular formula is C86H165NO5. The van der Waals surface area contributed by atoms with Crippen molar-refractivity contribution in [2.75, 3.05) is 13.2 Å². The second-order valence-corrected chi connectivity index (χ2v) is 29.2. The molecule has 6 heteroatoms. The Balaban J connectivity index is 3.34. The van der Waals surface area contributed by atoms with Gasteiger partial charge in [-0.1, -0.05) is 416 Å². The van der Waals surface area contributed by atoms with Gasteiger partial charge in [0.25, 0.3) is 0 Å². The van der Waals surface area contributed by atoms with Crippen LogP contribution in [0, 0.1) is 0 Å². The molecule has 92 heavy (non-hydrogen) atoms. The molecule has 3 N–H and O–H groups in total. The summed E-state index contributed by atoms with van der Waals surface area (Å²) in [6.45, 7) is 4.95. The first-order chi connectivity index (χ1) is 45.5. The van der Waals surface area contributed by atoms with Crippen LogP contribution in [0.1, 0.15) is 476 Å². The number of ether oxygens (including phenoxy) is 1. The zero-order chi connectivity index (χ0) is 66.3. The van der Waals surface area contributed by atoms with Gasteiger partial charge in [-0.3, -0.25) is 9.59 Å². The van der Waals surface area contributed by atoms with Crippen LogP contribution >= 0.6 is 0 Å². The SMILES string of the molecule is CCCCCCCCC/C=C\CCCCCCCC(=O)OCCCCCCCCCCCCCCCCCCCC/C=C\CCCCCCCCCCCCCCCCCCCC(=O)NC(CO)C(O)/C=C/CCCCCCCCCCCCCCCCCCCC. The summed E-state index contributed by atoms with van der Waals surface area (Å²) < 4.78 is 5.51. The Labute approximate surface area is 576 Å². The molecule has 0 radical (unpaired) electrons. The summed E-state index contributed by atoms with van der Waals surface area (Å²) in [6.07, 6.45) is 107. The topological polar surface area (TPSA) is 95.9 Å². The van der Waals surface area contributed by atoms with Crippen LogP contribution in [-0.4, -0.2) is 47.4 Å². The van der Waals surface area contributed by atoms with E-state index in [9.17, 15) is 19.8 Å². The van der Waals surface area contributed by atoms with E-state index in [0.29, 0.717) is 19.4 Å². The molecule has 1 amide bonds. The van der Waals surface area contributed by atoms with Crippen molar-refractivity contribution in [3.05, 3.63) is 36.5 Å². The first-order valence-electron chi connectivity index (χ1n) is 42.3. The number of hydrogen-bond donors (Lipinski definition) is 3. The van der Waals surface area contributed by atoms with Crippen molar-refractivity contribution in [2.45, 2.75) is 488 Å². The highest BCUT2D eigenvalue weighted by Gasteiger charge is 2.18. The van der Waals surface area contributed by atoms with E-state index in [4.69, 9.17) is 4.74 Å². The van der Waals surface area contributed by atoms with Crippen molar-refractivity contribution in [1.82, 2.24) is 5.32 Å². The number of allylic oxidation sites excluding steroid dienone is 5. The van der Waals surface area contributed by atoms with Crippen LogP contribution in [0.5, 0.6) is 0 Å². The zero-order valence-corrected chi connectivity index (χ0v) is 62.6. The molecule has 0 bridgehead atoms. The highest BCUT2D eigenvalue weighted by atomic mass is 16.5. The van der Waals surface area contributed by atoms with Crippen LogP contribution in [0.4, 0.5) is 0 Å². The Morgan fingerprint density at radius 1 is 0.293 bits per heavy atom. The van der Waals surface area contributed by atoms with Gasteiger partial charge in [-0.15, -0.1) is 0 Å². The minimum atomic E-state index is -0.842. The van der Waals surface area contributed by atoms with Crippen molar-refractivity contribution in [1.29, 1.82) is 0 Å². The van der Waals surface area contributed by atoms with Gasteiger partial charge in [0, 0.05) is 12.8 Å². The van der Waals surface area contributed by atoms with Gasteiger partial charge in [0.05, 0.1) is 25.4 Å². The van der Waals surface area contributed by atoms with Gasteiger partial charge in [-0.25, -0.2) is 0 Å². The maximum absolute atomic E-state index is 12.5. The Kier molecular flexibility index (Phi) is 79.8. The molecule has 0 rings (SSSR count). The highest BCUT2D eigenvalue weighted by molar-refractivity contribution is 5.76. The number of carbonyl (C=O) groups excluding carboxylic acids is 2. The number of aliphatic hydroxyl groups is 2. The van der Waals surface area contributed by atoms with E-state index >= 15 is 0 Å². The second-order valence-electron chi connectivity index (χ2n) is 29.2. The predicted molar refractivity (Wildman–Crippen MR) is 407 cm³/mol. The summed E-state index contributed by atoms with van der Waals surface area (Å²) in [5.74, 6) is -0.0433. The lowest BCUT2D eigenvalue weighted by atomic mass is 10.0. The van der Waals surface area contributed by atoms with Gasteiger partial charge in [-0.05, 0) is 83.5 Å². The fraction of sp³-hybridized carbons (Fsp3) is 0.907. The quantitative estimate of drug-likeness (QED) is 0.0320. The first kappa shape index (κ1) is 90.1. The van der Waals surface area contributed by atoms with E-state index in [2.05, 4.69) is 43.5 Å². The first-order valence-corrected chi connectivity index (χ1v) is 42.3. The van der Waals surface area contributed by atoms with Gasteiger partial charge < -0.3 is 20.3 Å². The fourth-order valence-electron chi connectivity index (χ4n) is 13.5. The summed E-state index contributed by atoms with van der Waals surface area (Å²) in [7, 11) is 0. The van der Waals surface area contributed by atoms with Gasteiger partial charge in [0.1, 0.15) is 0 Å². The van der Waals surface area contributed by atoms with Gasteiger partial charge in [0.2, 0.25) is 5.91 Å². The van der Waals surface area contributed by atoms with E-state index in [1.54, 1.807) is 6.08 Å². The van der Waals surface area contributed by atoms with Crippen LogP contribution in [0.3, 0.4) is 0 Å². The summed E-state index contributed by atoms with van der Waals surface area (Å²) in [5, 5.41) is 23.3. The van der Waals surface area contributed by atoms with Crippen molar-refractivity contribution in [2.24, 2.45) is 0 Å². The maximum atomic E-state index is 12.5. The Morgan fingerprint density at radius 2 is 0.511 bits per heavy atom. The molecule has 6 nitrogen and oxygen atoms in total. The molecule has 0 heterocycles. The number of rotatable bonds is 80. The number of esters is 1. The molecule has 0 aliphatic heterocycles. The maximum Gasteiger partial charge on any atom is 0.305 e. The minimum Gasteiger partial charge on any atom is -0.466 e. The Morgan fingerprint density at radius 3 is 0.772 bits per heavy atom. The third-order valence-electron chi connectivity index (χ3n) is 19.9. The van der Waals surface area contributed by atoms with E-state index < -0.39 is 12.1 Å². The summed E-state index contributed by atoms with van der Waals surface area (Å²) in [4.78, 5) is 24.6. The molecule has 0 saturated heterocycles. The van der Waals surface area contributed by atoms with Crippen molar-refractivity contribution < 1.29 is 24.5 Å². The molecule has 544 valence electrons. The molecule has 0 aromatic rings. The lowest BCUT2D eigenvalue weighted by Gasteiger charge is -2.20. The Hall–Kier alpha value is -1.92. The van der Waals surface area contributed by atoms with Crippen molar-refractivity contribution in [3.8, 4) is 0 Å². The number of carbonyl (C=O) groups is 2. The molecule has 2 atom stereocenters. The molecule has 0 aliphatic carbocycles. The third-order valence-corrected chi connectivity index (χ3v) is 19.9. The van der Waals surface area contributed by atoms with Crippen LogP contribution in [0.25, 0.3) is 0 Å². The van der Waals surface area contributed by atoms with E-state index in [1.807, 2.05) is 6.08 Å². The number of amides is 1. The van der Waals surface area contributed by atoms with Crippen molar-refractivity contribution in [3.63, 3.8) is 0 Å². The Bertz CT molecular complexity index is 1490. The van der Waals surface area contributed by atoms with E-state index in [0.717, 1.165) is 44.9 Å². The van der Waals surface area contributed by atoms with E-state index in [-0.39, 0.29) is 18.5 Å². The average Bonchev–Trinajstić information content (AvgIpc) is 3.57. The van der Waals surface area contributed by atoms with Crippen LogP contribution in [-0.2, 0) is 14.3 Å². The monoisotopic (exact) mass is 1290 g/mol. The number of hydrogen-bond acceptors (Lipinski definition) is 5. The molecule has 0 aromatic carbocycles. The molecule has 0 spiro atoms. The minimum absolute atomic E-state index is 0.0157. The van der Waals surface area contributed by atoms with E-state index in [1.165, 1.54) is 405 Å². The molecule has 0 aromatic heterocycles. The van der Waals surface area contributed by atoms with Crippen LogP contribution < -0.4 is 5.32 Å². The van der Waals surface area contributed by atoms with Gasteiger partial charge in [0.15, 0.2) is 0 Å². The smallest absolute Gasteiger partial charge is 0.305 e. The fourth-order valence-corrected chi connectivity index (χ4v) is 13.5. The summed E-state index contributed by atoms with van der Waals surface area (Å²) >= 11 is 0. The number of nitrogens with one attached hydrogen (secondary N) is 1. The molecule has 0 fully saturated rings. The highest BCUT2D eigenvalue weighted by Crippen LogP contribution is 2.20. The second kappa shape index (κ2) is 81.5. The number of unbranched alkanes of at least 4 members (excludes halogenated alkanes) is 65. The van der Waals surface area contributed by atoms with Crippen molar-refractivity contribution >= 4 is 11.9 Å². The standard InChI is InChI=1S/C86H165NO5/c1-3-5-7-9-11-13-15-17-19-21-22-44-47-50-54-58-62-66-70-74-78-84(89)83(82-88)87-85(90)79-75-71-67-63-59-55-51-48-45-42-40-38-36-34-32-30-28-26-24-23-25-27-29-31-33-35-37-39-41-43-46-49-53-57-61-65-69-73-77-81-92-86(91)80-76-72-68-64-60-56-52-20-18-16-14-12-10-8-6-4-2/h20,23-24,52,74,78,83-84,88-89H,3-19,21-22,25-51,53-73,75-77,79-82H2,1-2H3,(H,87,90)/b24-23-,52-20-,78-74+. The lowest BCUT2D eigenvalue weighted by molar-refractivity contribution is -0.143. The normalized spacial score (nSPS) is 12.6. The molecule has 2 unspecified atom stereocenters. The molecular weight excluding hydrogens is 1130 g/mol. The van der Waals surface area contributed by atoms with Crippen LogP contribution in [0.2, 0.25) is 0 Å². The summed E-state index contributed by atoms with van der Waals surface area (Å²) in [5.41, 5.74) is 0. The van der Waals surface area contributed by atoms with Gasteiger partial charge >= 0.3 is 5.97 Å². The van der Waals surface area contributed by atoms with Crippen LogP contribution in [0.15, 0.2) is 36.5 Å². The largest absolute Gasteiger partial charge is 0.466 e. The molecule has 0 aliphatic rings. The average molecular weight is 1290 g/mol. The lowest BCUT2D eigenvalue weighted by Crippen LogP contribution is -2.45. The zero-order valence-electron chi connectivity index (χ0n) is 62.6. The number of aliphatic hydroxyl groups excluding tert-OH is 2. The molecule has 0 saturated carbocycles.